The molecule has 2 aromatic heterocycles. The number of nitrogens with one attached hydrogen (secondary N) is 1. The first-order valence-electron chi connectivity index (χ1n) is 7.00. The first-order chi connectivity index (χ1) is 11.7. The van der Waals surface area contributed by atoms with E-state index in [4.69, 9.17) is 25.0 Å². The number of methoxy groups -OCH3 is 1. The van der Waals surface area contributed by atoms with E-state index < -0.39 is 44.5 Å². The quantitative estimate of drug-likeness (QED) is 0.364. The average molecular weight is 377 g/mol. The first kappa shape index (κ1) is 17.9. The summed E-state index contributed by atoms with van der Waals surface area (Å²) in [6, 6.07) is 0. The smallest absolute Gasteiger partial charge is 0.387 e. The molecular weight excluding hydrogens is 361 g/mol. The van der Waals surface area contributed by atoms with Crippen LogP contribution in [0.15, 0.2) is 11.1 Å². The molecule has 3 heterocycles. The van der Waals surface area contributed by atoms with Crippen LogP contribution in [0.4, 0.5) is 5.95 Å². The Balaban J connectivity index is 1.94. The second-order valence-corrected chi connectivity index (χ2v) is 6.56. The van der Waals surface area contributed by atoms with Gasteiger partial charge >= 0.3 is 7.82 Å². The highest BCUT2D eigenvalue weighted by Gasteiger charge is 2.46. The molecule has 1 saturated heterocycles. The third-order valence-electron chi connectivity index (χ3n) is 3.72. The second kappa shape index (κ2) is 6.46. The van der Waals surface area contributed by atoms with Crippen molar-refractivity contribution in [1.29, 1.82) is 0 Å². The number of hydrogen-bond donors (Lipinski definition) is 5. The summed E-state index contributed by atoms with van der Waals surface area (Å²) in [5.41, 5.74) is 5.11. The molecule has 138 valence electrons. The van der Waals surface area contributed by atoms with E-state index >= 15 is 0 Å². The molecule has 1 aliphatic rings. The lowest BCUT2D eigenvalue weighted by Gasteiger charge is -2.19. The van der Waals surface area contributed by atoms with Gasteiger partial charge in [0.1, 0.15) is 18.3 Å². The molecule has 14 heteroatoms. The van der Waals surface area contributed by atoms with Crippen LogP contribution in [0.3, 0.4) is 0 Å². The van der Waals surface area contributed by atoms with Crippen molar-refractivity contribution in [2.45, 2.75) is 24.5 Å². The molecule has 0 aromatic carbocycles. The monoisotopic (exact) mass is 377 g/mol. The highest BCUT2D eigenvalue weighted by molar-refractivity contribution is 7.46. The lowest BCUT2D eigenvalue weighted by molar-refractivity contribution is -0.0578. The minimum Gasteiger partial charge on any atom is -0.387 e. The van der Waals surface area contributed by atoms with Crippen LogP contribution in [0.25, 0.3) is 11.2 Å². The van der Waals surface area contributed by atoms with Crippen molar-refractivity contribution in [2.24, 2.45) is 0 Å². The average Bonchev–Trinajstić information content (AvgIpc) is 3.05. The van der Waals surface area contributed by atoms with Crippen molar-refractivity contribution in [3.8, 4) is 0 Å². The maximum atomic E-state index is 11.8. The normalized spacial score (nSPS) is 27.2. The molecule has 0 unspecified atom stereocenters. The number of nitrogen functional groups attached to an aromatic ring is 1. The van der Waals surface area contributed by atoms with Crippen LogP contribution in [-0.4, -0.2) is 66.4 Å². The number of phosphoric ester groups is 1. The summed E-state index contributed by atoms with van der Waals surface area (Å²) in [6.07, 6.45) is -2.96. The number of anilines is 1. The topological polar surface area (TPSA) is 195 Å². The Morgan fingerprint density at radius 3 is 2.88 bits per heavy atom. The summed E-state index contributed by atoms with van der Waals surface area (Å²) < 4.78 is 27.4. The van der Waals surface area contributed by atoms with Crippen molar-refractivity contribution in [1.82, 2.24) is 19.5 Å². The number of imidazole rings is 1. The van der Waals surface area contributed by atoms with Gasteiger partial charge in [-0.1, -0.05) is 0 Å². The molecule has 0 spiro atoms. The number of aromatic nitrogens is 4. The Bertz CT molecular complexity index is 877. The SMILES string of the molecule is CO[C@@H]1[C@H](O)[C@@H](COP(=O)(O)O)O[C@H]1n1cnc2c(=O)[nH]c(N)nc21. The minimum atomic E-state index is -4.73. The van der Waals surface area contributed by atoms with Gasteiger partial charge in [0.05, 0.1) is 12.9 Å². The summed E-state index contributed by atoms with van der Waals surface area (Å²) >= 11 is 0. The zero-order valence-corrected chi connectivity index (χ0v) is 13.7. The number of ether oxygens (including phenoxy) is 2. The molecule has 0 amide bonds. The van der Waals surface area contributed by atoms with Gasteiger partial charge in [0.2, 0.25) is 5.95 Å². The largest absolute Gasteiger partial charge is 0.469 e. The molecule has 3 rings (SSSR count). The van der Waals surface area contributed by atoms with E-state index in [9.17, 15) is 14.5 Å². The molecule has 4 atom stereocenters. The number of phosphoric acid groups is 1. The molecular formula is C11H16N5O8P. The predicted molar refractivity (Wildman–Crippen MR) is 81.3 cm³/mol. The second-order valence-electron chi connectivity index (χ2n) is 5.32. The number of aliphatic hydroxyl groups is 1. The van der Waals surface area contributed by atoms with Gasteiger partial charge in [-0.2, -0.15) is 4.98 Å². The van der Waals surface area contributed by atoms with Crippen LogP contribution >= 0.6 is 7.82 Å². The molecule has 1 aliphatic heterocycles. The highest BCUT2D eigenvalue weighted by atomic mass is 31.2. The summed E-state index contributed by atoms with van der Waals surface area (Å²) in [5.74, 6) is -0.131. The first-order valence-corrected chi connectivity index (χ1v) is 8.53. The van der Waals surface area contributed by atoms with Gasteiger partial charge in [0.15, 0.2) is 17.4 Å². The standard InChI is InChI=1S/C11H16N5O8P/c1-22-7-6(17)4(2-23-25(19,20)21)24-10(7)16-3-13-5-8(16)14-11(12)15-9(5)18/h3-4,6-7,10,17H,2H2,1H3,(H2,19,20,21)(H3,12,14,15,18)/t4-,6-,7-,10-/m1/s1. The molecule has 2 aromatic rings. The number of fused-ring (bicyclic) bond motifs is 1. The lowest BCUT2D eigenvalue weighted by atomic mass is 10.1. The zero-order valence-electron chi connectivity index (χ0n) is 12.8. The Kier molecular flexibility index (Phi) is 4.64. The zero-order chi connectivity index (χ0) is 18.4. The maximum Gasteiger partial charge on any atom is 0.469 e. The van der Waals surface area contributed by atoms with Crippen LogP contribution in [0, 0.1) is 0 Å². The predicted octanol–water partition coefficient (Wildman–Crippen LogP) is -1.92. The fourth-order valence-electron chi connectivity index (χ4n) is 2.63. The molecule has 0 radical (unpaired) electrons. The van der Waals surface area contributed by atoms with E-state index in [1.54, 1.807) is 0 Å². The van der Waals surface area contributed by atoms with E-state index in [-0.39, 0.29) is 17.1 Å². The minimum absolute atomic E-state index is 0.0112. The lowest BCUT2D eigenvalue weighted by Crippen LogP contribution is -2.35. The van der Waals surface area contributed by atoms with Crippen molar-refractivity contribution in [2.75, 3.05) is 19.5 Å². The highest BCUT2D eigenvalue weighted by Crippen LogP contribution is 2.39. The molecule has 25 heavy (non-hydrogen) atoms. The third-order valence-corrected chi connectivity index (χ3v) is 4.20. The van der Waals surface area contributed by atoms with Gasteiger partial charge in [0.25, 0.3) is 5.56 Å². The Labute approximate surface area is 139 Å². The summed E-state index contributed by atoms with van der Waals surface area (Å²) in [7, 11) is -3.41. The Morgan fingerprint density at radius 2 is 2.24 bits per heavy atom. The van der Waals surface area contributed by atoms with Crippen LogP contribution in [0.1, 0.15) is 6.23 Å². The van der Waals surface area contributed by atoms with Gasteiger partial charge in [-0.3, -0.25) is 18.9 Å². The van der Waals surface area contributed by atoms with E-state index in [1.807, 2.05) is 0 Å². The summed E-state index contributed by atoms with van der Waals surface area (Å²) in [6.45, 7) is -0.565. The number of rotatable bonds is 5. The van der Waals surface area contributed by atoms with Crippen LogP contribution in [0.5, 0.6) is 0 Å². The van der Waals surface area contributed by atoms with Gasteiger partial charge in [-0.15, -0.1) is 0 Å². The Morgan fingerprint density at radius 1 is 1.52 bits per heavy atom. The number of aromatic amines is 1. The molecule has 13 nitrogen and oxygen atoms in total. The van der Waals surface area contributed by atoms with Crippen molar-refractivity contribution >= 4 is 24.9 Å². The third kappa shape index (κ3) is 3.43. The molecule has 0 aliphatic carbocycles. The molecule has 0 bridgehead atoms. The van der Waals surface area contributed by atoms with E-state index in [0.29, 0.717) is 0 Å². The van der Waals surface area contributed by atoms with Gasteiger partial charge in [0, 0.05) is 7.11 Å². The Hall–Kier alpha value is -1.86. The number of nitrogens with two attached hydrogens (primary N) is 1. The number of hydrogen-bond acceptors (Lipinski definition) is 9. The van der Waals surface area contributed by atoms with Crippen molar-refractivity contribution < 1.29 is 33.5 Å². The van der Waals surface area contributed by atoms with E-state index in [1.165, 1.54) is 18.0 Å². The number of nitrogens with zero attached hydrogens (tertiary/aromatic N) is 3. The molecule has 0 saturated carbocycles. The van der Waals surface area contributed by atoms with Crippen LogP contribution < -0.4 is 11.3 Å². The van der Waals surface area contributed by atoms with E-state index in [0.717, 1.165) is 0 Å². The molecule has 1 fully saturated rings. The fourth-order valence-corrected chi connectivity index (χ4v) is 2.98. The summed E-state index contributed by atoms with van der Waals surface area (Å²) in [5, 5.41) is 10.3. The van der Waals surface area contributed by atoms with Crippen LogP contribution in [-0.2, 0) is 18.6 Å². The van der Waals surface area contributed by atoms with E-state index in [2.05, 4.69) is 19.5 Å². The maximum absolute atomic E-state index is 11.8. The number of H-pyrrole nitrogens is 1. The van der Waals surface area contributed by atoms with Crippen molar-refractivity contribution in [3.63, 3.8) is 0 Å². The number of aliphatic hydroxyl groups excluding tert-OH is 1. The summed E-state index contributed by atoms with van der Waals surface area (Å²) in [4.78, 5) is 39.6. The van der Waals surface area contributed by atoms with Gasteiger partial charge < -0.3 is 30.1 Å². The van der Waals surface area contributed by atoms with Crippen molar-refractivity contribution in [3.05, 3.63) is 16.7 Å². The van der Waals surface area contributed by atoms with Crippen LogP contribution in [0.2, 0.25) is 0 Å². The fraction of sp³-hybridized carbons (Fsp3) is 0.545. The van der Waals surface area contributed by atoms with Gasteiger partial charge in [-0.05, 0) is 0 Å². The van der Waals surface area contributed by atoms with Gasteiger partial charge in [-0.25, -0.2) is 9.55 Å². The molecule has 6 N–H and O–H groups in total.